The first-order valence-corrected chi connectivity index (χ1v) is 6.85. The molecule has 1 aromatic carbocycles. The monoisotopic (exact) mass is 258 g/mol. The molecule has 0 radical (unpaired) electrons. The fourth-order valence-electron chi connectivity index (χ4n) is 2.77. The molecule has 0 atom stereocenters. The van der Waals surface area contributed by atoms with Crippen LogP contribution in [0.4, 0.5) is 5.69 Å². The molecule has 1 aliphatic heterocycles. The molecule has 19 heavy (non-hydrogen) atoms. The van der Waals surface area contributed by atoms with E-state index >= 15 is 0 Å². The lowest BCUT2D eigenvalue weighted by Crippen LogP contribution is -2.34. The van der Waals surface area contributed by atoms with Gasteiger partial charge < -0.3 is 4.90 Å². The molecule has 1 fully saturated rings. The van der Waals surface area contributed by atoms with E-state index in [4.69, 9.17) is 0 Å². The molecule has 0 saturated carbocycles. The van der Waals surface area contributed by atoms with Gasteiger partial charge in [-0.2, -0.15) is 5.10 Å². The molecule has 0 bridgehead atoms. The molecule has 1 aliphatic rings. The largest absolute Gasteiger partial charge is 0.303 e. The minimum atomic E-state index is 0.443. The Kier molecular flexibility index (Phi) is 3.29. The minimum absolute atomic E-state index is 0.443. The SMILES string of the molecule is CCN1CCC(n2cc3ccc(N=O)cc3n2)CC1. The van der Waals surface area contributed by atoms with E-state index in [2.05, 4.69) is 33.0 Å². The van der Waals surface area contributed by atoms with E-state index in [1.165, 1.54) is 0 Å². The fraction of sp³-hybridized carbons (Fsp3) is 0.500. The number of nitroso groups, excluding NO2 is 1. The molecule has 0 spiro atoms. The zero-order valence-corrected chi connectivity index (χ0v) is 11.1. The Balaban J connectivity index is 1.83. The molecule has 100 valence electrons. The summed E-state index contributed by atoms with van der Waals surface area (Å²) in [6, 6.07) is 5.88. The van der Waals surface area contributed by atoms with Gasteiger partial charge >= 0.3 is 0 Å². The van der Waals surface area contributed by atoms with Crippen molar-refractivity contribution in [3.05, 3.63) is 29.3 Å². The van der Waals surface area contributed by atoms with Crippen LogP contribution in [-0.2, 0) is 0 Å². The molecular formula is C14H18N4O. The zero-order valence-electron chi connectivity index (χ0n) is 11.1. The van der Waals surface area contributed by atoms with Crippen LogP contribution in [0.2, 0.25) is 0 Å². The van der Waals surface area contributed by atoms with Crippen molar-refractivity contribution in [1.82, 2.24) is 14.7 Å². The lowest BCUT2D eigenvalue weighted by molar-refractivity contribution is 0.188. The van der Waals surface area contributed by atoms with Gasteiger partial charge in [-0.1, -0.05) is 6.92 Å². The summed E-state index contributed by atoms with van der Waals surface area (Å²) in [6.07, 6.45) is 4.36. The number of likely N-dealkylation sites (tertiary alicyclic amines) is 1. The van der Waals surface area contributed by atoms with Crippen molar-refractivity contribution < 1.29 is 0 Å². The van der Waals surface area contributed by atoms with Crippen molar-refractivity contribution in [3.63, 3.8) is 0 Å². The third-order valence-electron chi connectivity index (χ3n) is 3.99. The average Bonchev–Trinajstić information content (AvgIpc) is 2.90. The molecule has 0 N–H and O–H groups in total. The minimum Gasteiger partial charge on any atom is -0.303 e. The number of benzene rings is 1. The molecule has 0 aliphatic carbocycles. The third-order valence-corrected chi connectivity index (χ3v) is 3.99. The van der Waals surface area contributed by atoms with Crippen molar-refractivity contribution in [3.8, 4) is 0 Å². The first-order valence-electron chi connectivity index (χ1n) is 6.85. The van der Waals surface area contributed by atoms with Crippen LogP contribution < -0.4 is 0 Å². The van der Waals surface area contributed by atoms with Crippen molar-refractivity contribution in [1.29, 1.82) is 0 Å². The van der Waals surface area contributed by atoms with Crippen LogP contribution in [-0.4, -0.2) is 34.3 Å². The summed E-state index contributed by atoms with van der Waals surface area (Å²) in [5, 5.41) is 8.63. The number of hydrogen-bond donors (Lipinski definition) is 0. The number of nitrogens with zero attached hydrogens (tertiary/aromatic N) is 4. The average molecular weight is 258 g/mol. The highest BCUT2D eigenvalue weighted by atomic mass is 16.3. The maximum Gasteiger partial charge on any atom is 0.110 e. The van der Waals surface area contributed by atoms with Gasteiger partial charge in [-0.3, -0.25) is 4.68 Å². The van der Waals surface area contributed by atoms with Gasteiger partial charge in [-0.15, -0.1) is 4.91 Å². The smallest absolute Gasteiger partial charge is 0.110 e. The van der Waals surface area contributed by atoms with E-state index in [1.807, 2.05) is 6.07 Å². The van der Waals surface area contributed by atoms with E-state index in [9.17, 15) is 4.91 Å². The van der Waals surface area contributed by atoms with Crippen molar-refractivity contribution >= 4 is 16.6 Å². The van der Waals surface area contributed by atoms with Crippen molar-refractivity contribution in [2.45, 2.75) is 25.8 Å². The Morgan fingerprint density at radius 2 is 2.16 bits per heavy atom. The topological polar surface area (TPSA) is 50.5 Å². The van der Waals surface area contributed by atoms with Crippen LogP contribution in [0.5, 0.6) is 0 Å². The lowest BCUT2D eigenvalue weighted by Gasteiger charge is -2.31. The van der Waals surface area contributed by atoms with E-state index in [1.54, 1.807) is 12.1 Å². The molecule has 5 nitrogen and oxygen atoms in total. The summed E-state index contributed by atoms with van der Waals surface area (Å²) in [5.41, 5.74) is 1.30. The van der Waals surface area contributed by atoms with Crippen molar-refractivity contribution in [2.75, 3.05) is 19.6 Å². The second-order valence-corrected chi connectivity index (χ2v) is 5.11. The second kappa shape index (κ2) is 5.09. The van der Waals surface area contributed by atoms with Gasteiger partial charge in [0.2, 0.25) is 0 Å². The molecule has 3 rings (SSSR count). The van der Waals surface area contributed by atoms with Crippen LogP contribution in [0.15, 0.2) is 29.6 Å². The van der Waals surface area contributed by atoms with Gasteiger partial charge in [0.25, 0.3) is 0 Å². The molecule has 0 unspecified atom stereocenters. The van der Waals surface area contributed by atoms with Crippen LogP contribution in [0.3, 0.4) is 0 Å². The first kappa shape index (κ1) is 12.3. The number of hydrogen-bond acceptors (Lipinski definition) is 4. The normalized spacial score (nSPS) is 17.9. The molecule has 2 heterocycles. The van der Waals surface area contributed by atoms with E-state index in [-0.39, 0.29) is 0 Å². The van der Waals surface area contributed by atoms with Gasteiger partial charge in [0, 0.05) is 24.7 Å². The van der Waals surface area contributed by atoms with Gasteiger partial charge in [-0.25, -0.2) is 0 Å². The Morgan fingerprint density at radius 1 is 1.37 bits per heavy atom. The molecule has 1 saturated heterocycles. The third kappa shape index (κ3) is 2.38. The molecule has 1 aromatic heterocycles. The number of piperidine rings is 1. The maximum absolute atomic E-state index is 10.5. The van der Waals surface area contributed by atoms with Crippen LogP contribution >= 0.6 is 0 Å². The Morgan fingerprint density at radius 3 is 2.84 bits per heavy atom. The van der Waals surface area contributed by atoms with Gasteiger partial charge in [0.1, 0.15) is 5.69 Å². The van der Waals surface area contributed by atoms with E-state index < -0.39 is 0 Å². The number of aromatic nitrogens is 2. The standard InChI is InChI=1S/C14H18N4O/c1-2-17-7-5-13(6-8-17)18-10-11-3-4-12(16-19)9-14(11)15-18/h3-4,9-10,13H,2,5-8H2,1H3. The highest BCUT2D eigenvalue weighted by Gasteiger charge is 2.20. The Hall–Kier alpha value is -1.75. The quantitative estimate of drug-likeness (QED) is 0.795. The highest BCUT2D eigenvalue weighted by molar-refractivity contribution is 5.81. The second-order valence-electron chi connectivity index (χ2n) is 5.11. The number of rotatable bonds is 3. The van der Waals surface area contributed by atoms with Crippen LogP contribution in [0.1, 0.15) is 25.8 Å². The maximum atomic E-state index is 10.5. The predicted molar refractivity (Wildman–Crippen MR) is 75.6 cm³/mol. The molecule has 2 aromatic rings. The van der Waals surface area contributed by atoms with E-state index in [0.717, 1.165) is 43.4 Å². The van der Waals surface area contributed by atoms with Gasteiger partial charge in [-0.05, 0) is 42.8 Å². The summed E-state index contributed by atoms with van der Waals surface area (Å²) >= 11 is 0. The fourth-order valence-corrected chi connectivity index (χ4v) is 2.77. The van der Waals surface area contributed by atoms with Crippen LogP contribution in [0, 0.1) is 4.91 Å². The molecule has 5 heteroatoms. The summed E-state index contributed by atoms with van der Waals surface area (Å²) < 4.78 is 2.06. The zero-order chi connectivity index (χ0) is 13.2. The molecule has 0 amide bonds. The molecular weight excluding hydrogens is 240 g/mol. The Bertz CT molecular complexity index is 584. The summed E-state index contributed by atoms with van der Waals surface area (Å²) in [5.74, 6) is 0. The van der Waals surface area contributed by atoms with Gasteiger partial charge in [0.05, 0.1) is 11.6 Å². The summed E-state index contributed by atoms with van der Waals surface area (Å²) in [7, 11) is 0. The highest BCUT2D eigenvalue weighted by Crippen LogP contribution is 2.26. The van der Waals surface area contributed by atoms with E-state index in [0.29, 0.717) is 11.7 Å². The first-order chi connectivity index (χ1) is 9.30. The van der Waals surface area contributed by atoms with Gasteiger partial charge in [0.15, 0.2) is 0 Å². The predicted octanol–water partition coefficient (Wildman–Crippen LogP) is 3.09. The lowest BCUT2D eigenvalue weighted by atomic mass is 10.1. The Labute approximate surface area is 112 Å². The summed E-state index contributed by atoms with van der Waals surface area (Å²) in [4.78, 5) is 13.0. The summed E-state index contributed by atoms with van der Waals surface area (Å²) in [6.45, 7) is 5.61. The van der Waals surface area contributed by atoms with Crippen LogP contribution in [0.25, 0.3) is 10.9 Å². The van der Waals surface area contributed by atoms with Crippen molar-refractivity contribution in [2.24, 2.45) is 5.18 Å². The number of fused-ring (bicyclic) bond motifs is 1.